The van der Waals surface area contributed by atoms with Gasteiger partial charge in [-0.1, -0.05) is 11.6 Å². The van der Waals surface area contributed by atoms with Gasteiger partial charge >= 0.3 is 12.7 Å². The van der Waals surface area contributed by atoms with Crippen molar-refractivity contribution in [3.63, 3.8) is 0 Å². The number of hydrogen-bond donors (Lipinski definition) is 0. The molecule has 72 valence electrons. The van der Waals surface area contributed by atoms with Crippen LogP contribution in [0.2, 0.25) is 5.02 Å². The van der Waals surface area contributed by atoms with Crippen molar-refractivity contribution >= 4 is 18.6 Å². The normalized spacial score (nSPS) is 11.7. The van der Waals surface area contributed by atoms with Gasteiger partial charge in [0.15, 0.2) is 0 Å². The smallest absolute Gasteiger partial charge is 0.448 e. The van der Waals surface area contributed by atoms with E-state index in [2.05, 4.69) is 4.98 Å². The molecule has 0 unspecified atom stereocenters. The van der Waals surface area contributed by atoms with Crippen molar-refractivity contribution in [3.8, 4) is 0 Å². The highest BCUT2D eigenvalue weighted by molar-refractivity contribution is 6.57. The number of hydrogen-bond acceptors (Lipinski definition) is 2. The molecule has 0 radical (unpaired) electrons. The molecule has 0 aliphatic heterocycles. The van der Waals surface area contributed by atoms with Gasteiger partial charge in [-0.05, 0) is 6.44 Å². The molecule has 0 fully saturated rings. The molecule has 3 nitrogen and oxygen atoms in total. The first-order valence-electron chi connectivity index (χ1n) is 3.31. The van der Waals surface area contributed by atoms with Crippen molar-refractivity contribution in [2.24, 2.45) is 0 Å². The molecule has 0 amide bonds. The average molecular weight is 211 g/mol. The molecule has 0 aliphatic rings. The van der Waals surface area contributed by atoms with Crippen LogP contribution in [0.15, 0.2) is 17.2 Å². The summed E-state index contributed by atoms with van der Waals surface area (Å²) in [4.78, 5) is 13.9. The maximum atomic E-state index is 11.9. The number of rotatable bonds is 2. The van der Waals surface area contributed by atoms with Crippen LogP contribution in [0.5, 0.6) is 0 Å². The maximum Gasteiger partial charge on any atom is 0.497 e. The van der Waals surface area contributed by atoms with Crippen LogP contribution in [0.1, 0.15) is 0 Å². The van der Waals surface area contributed by atoms with Gasteiger partial charge in [-0.3, -0.25) is 0 Å². The summed E-state index contributed by atoms with van der Waals surface area (Å²) in [5.41, 5.74) is -0.955. The van der Waals surface area contributed by atoms with Crippen molar-refractivity contribution in [2.45, 2.75) is 6.44 Å². The molecule has 1 aromatic rings. The van der Waals surface area contributed by atoms with E-state index in [0.717, 1.165) is 12.4 Å². The Labute approximate surface area is 76.2 Å². The fourth-order valence-corrected chi connectivity index (χ4v) is 0.949. The first-order valence-corrected chi connectivity index (χ1v) is 3.69. The largest absolute Gasteiger partial charge is 0.497 e. The van der Waals surface area contributed by atoms with Crippen molar-refractivity contribution in [1.82, 2.24) is 9.55 Å². The van der Waals surface area contributed by atoms with E-state index >= 15 is 0 Å². The van der Waals surface area contributed by atoms with Crippen LogP contribution >= 0.6 is 11.6 Å². The summed E-state index contributed by atoms with van der Waals surface area (Å²) < 4.78 is 36.1. The zero-order chi connectivity index (χ0) is 10.1. The molecule has 1 aromatic heterocycles. The third kappa shape index (κ3) is 3.10. The van der Waals surface area contributed by atoms with Gasteiger partial charge in [0.2, 0.25) is 0 Å². The molecule has 0 atom stereocenters. The Hall–Kier alpha value is -0.975. The van der Waals surface area contributed by atoms with E-state index in [-0.39, 0.29) is 5.02 Å². The summed E-state index contributed by atoms with van der Waals surface area (Å²) in [6.07, 6.45) is 0.599. The number of aromatic nitrogens is 2. The SMILES string of the molecule is O=c1ncc(Cl)cn1C[B-](F)(F)F. The first-order chi connectivity index (χ1) is 5.88. The number of halogens is 4. The lowest BCUT2D eigenvalue weighted by molar-refractivity contribution is 0.441. The Morgan fingerprint density at radius 1 is 1.54 bits per heavy atom. The maximum absolute atomic E-state index is 11.9. The fourth-order valence-electron chi connectivity index (χ4n) is 0.782. The Morgan fingerprint density at radius 3 is 2.69 bits per heavy atom. The van der Waals surface area contributed by atoms with Crippen LogP contribution in [0.25, 0.3) is 0 Å². The predicted molar refractivity (Wildman–Crippen MR) is 42.6 cm³/mol. The van der Waals surface area contributed by atoms with Crippen molar-refractivity contribution in [3.05, 3.63) is 27.9 Å². The molecule has 0 saturated heterocycles. The van der Waals surface area contributed by atoms with E-state index in [4.69, 9.17) is 11.6 Å². The molecule has 13 heavy (non-hydrogen) atoms. The minimum absolute atomic E-state index is 0.000324. The minimum Gasteiger partial charge on any atom is -0.448 e. The average Bonchev–Trinajstić information content (AvgIpc) is 1.94. The van der Waals surface area contributed by atoms with Crippen LogP contribution in [0.3, 0.4) is 0 Å². The first kappa shape index (κ1) is 10.1. The van der Waals surface area contributed by atoms with E-state index in [1.54, 1.807) is 0 Å². The lowest BCUT2D eigenvalue weighted by Gasteiger charge is -2.14. The predicted octanol–water partition coefficient (Wildman–Crippen LogP) is 1.28. The lowest BCUT2D eigenvalue weighted by atomic mass is 9.92. The third-order valence-corrected chi connectivity index (χ3v) is 1.42. The molecule has 0 spiro atoms. The van der Waals surface area contributed by atoms with Gasteiger partial charge in [-0.15, -0.1) is 0 Å². The van der Waals surface area contributed by atoms with Crippen LogP contribution in [0.4, 0.5) is 12.9 Å². The van der Waals surface area contributed by atoms with Gasteiger partial charge in [-0.2, -0.15) is 0 Å². The van der Waals surface area contributed by atoms with E-state index in [9.17, 15) is 17.7 Å². The number of nitrogens with zero attached hydrogens (tertiary/aromatic N) is 2. The molecule has 0 N–H and O–H groups in total. The zero-order valence-electron chi connectivity index (χ0n) is 6.25. The quantitative estimate of drug-likeness (QED) is 0.691. The van der Waals surface area contributed by atoms with Crippen LogP contribution in [-0.2, 0) is 6.44 Å². The summed E-state index contributed by atoms with van der Waals surface area (Å²) in [6, 6.07) is 0. The summed E-state index contributed by atoms with van der Waals surface area (Å²) in [6.45, 7) is -5.05. The molecule has 1 heterocycles. The summed E-state index contributed by atoms with van der Waals surface area (Å²) in [5, 5.41) is -0.000324. The van der Waals surface area contributed by atoms with Crippen LogP contribution in [0, 0.1) is 0 Å². The van der Waals surface area contributed by atoms with Crippen molar-refractivity contribution < 1.29 is 12.9 Å². The molecule has 1 rings (SSSR count). The highest BCUT2D eigenvalue weighted by Gasteiger charge is 2.24. The zero-order valence-corrected chi connectivity index (χ0v) is 7.01. The minimum atomic E-state index is -5.05. The molecular weight excluding hydrogens is 207 g/mol. The van der Waals surface area contributed by atoms with Crippen LogP contribution < -0.4 is 5.69 Å². The van der Waals surface area contributed by atoms with E-state index in [1.807, 2.05) is 0 Å². The third-order valence-electron chi connectivity index (χ3n) is 1.23. The molecule has 0 bridgehead atoms. The monoisotopic (exact) mass is 211 g/mol. The summed E-state index contributed by atoms with van der Waals surface area (Å²) >= 11 is 5.36. The standard InChI is InChI=1S/C5H4BClF3N2O/c7-4-1-11-5(13)12(2-4)3-6(8,9)10/h1-2H,3H2/q-1. The van der Waals surface area contributed by atoms with E-state index < -0.39 is 19.1 Å². The highest BCUT2D eigenvalue weighted by atomic mass is 35.5. The highest BCUT2D eigenvalue weighted by Crippen LogP contribution is 2.11. The second-order valence-electron chi connectivity index (χ2n) is 2.42. The van der Waals surface area contributed by atoms with Crippen molar-refractivity contribution in [2.75, 3.05) is 0 Å². The van der Waals surface area contributed by atoms with E-state index in [0.29, 0.717) is 4.57 Å². The molecule has 0 aliphatic carbocycles. The van der Waals surface area contributed by atoms with Gasteiger partial charge < -0.3 is 17.5 Å². The van der Waals surface area contributed by atoms with Crippen molar-refractivity contribution in [1.29, 1.82) is 0 Å². The molecule has 0 saturated carbocycles. The topological polar surface area (TPSA) is 34.9 Å². The van der Waals surface area contributed by atoms with Gasteiger partial charge in [0.25, 0.3) is 0 Å². The summed E-state index contributed by atoms with van der Waals surface area (Å²) in [7, 11) is 0. The second-order valence-corrected chi connectivity index (χ2v) is 2.85. The Bertz CT molecular complexity index is 364. The Morgan fingerprint density at radius 2 is 2.15 bits per heavy atom. The summed E-state index contributed by atoms with van der Waals surface area (Å²) in [5.74, 6) is 0. The Kier molecular flexibility index (Phi) is 2.65. The lowest BCUT2D eigenvalue weighted by Crippen LogP contribution is -2.32. The fraction of sp³-hybridized carbons (Fsp3) is 0.200. The van der Waals surface area contributed by atoms with Gasteiger partial charge in [0.1, 0.15) is 0 Å². The van der Waals surface area contributed by atoms with Gasteiger partial charge in [0.05, 0.1) is 11.2 Å². The second kappa shape index (κ2) is 3.41. The van der Waals surface area contributed by atoms with Gasteiger partial charge in [-0.25, -0.2) is 9.78 Å². The molecular formula is C5H4BClF3N2O-. The molecule has 8 heteroatoms. The van der Waals surface area contributed by atoms with Gasteiger partial charge in [0, 0.05) is 6.20 Å². The van der Waals surface area contributed by atoms with Crippen LogP contribution in [-0.4, -0.2) is 16.5 Å². The molecule has 0 aromatic carbocycles. The Balaban J connectivity index is 3.01. The van der Waals surface area contributed by atoms with E-state index in [1.165, 1.54) is 0 Å².